The molecule has 1 aliphatic rings. The average Bonchev–Trinajstić information content (AvgIpc) is 3.20. The Balaban J connectivity index is 1.59. The topological polar surface area (TPSA) is 83.4 Å². The van der Waals surface area contributed by atoms with Crippen molar-refractivity contribution in [1.82, 2.24) is 0 Å². The van der Waals surface area contributed by atoms with E-state index >= 15 is 0 Å². The highest BCUT2D eigenvalue weighted by Crippen LogP contribution is 2.31. The van der Waals surface area contributed by atoms with Gasteiger partial charge < -0.3 is 18.9 Å². The molecular weight excluding hydrogens is 465 g/mol. The first-order chi connectivity index (χ1) is 16.4. The molecule has 172 valence electrons. The molecule has 0 radical (unpaired) electrons. The zero-order valence-electron chi connectivity index (χ0n) is 18.0. The number of hydrogen-bond donors (Lipinski definition) is 0. The summed E-state index contributed by atoms with van der Waals surface area (Å²) in [6.07, 6.45) is 1.50. The number of aliphatic imine (C=N–C) groups is 1. The number of carbonyl (C=O) groups excluding carboxylic acids is 2. The van der Waals surface area contributed by atoms with Gasteiger partial charge in [-0.1, -0.05) is 17.7 Å². The fraction of sp³-hybridized carbons (Fsp3) is 0.0800. The van der Waals surface area contributed by atoms with Crippen LogP contribution in [0, 0.1) is 5.82 Å². The number of benzene rings is 3. The summed E-state index contributed by atoms with van der Waals surface area (Å²) < 4.78 is 34.3. The van der Waals surface area contributed by atoms with Gasteiger partial charge in [-0.25, -0.2) is 19.0 Å². The molecule has 7 nitrogen and oxygen atoms in total. The first-order valence-electron chi connectivity index (χ1n) is 9.90. The molecule has 0 unspecified atom stereocenters. The molecule has 3 aromatic carbocycles. The summed E-state index contributed by atoms with van der Waals surface area (Å²) >= 11 is 6.05. The van der Waals surface area contributed by atoms with Crippen LogP contribution >= 0.6 is 11.6 Å². The van der Waals surface area contributed by atoms with Crippen molar-refractivity contribution in [3.8, 4) is 17.2 Å². The van der Waals surface area contributed by atoms with Crippen molar-refractivity contribution in [2.75, 3.05) is 14.2 Å². The molecule has 0 saturated heterocycles. The van der Waals surface area contributed by atoms with Crippen LogP contribution in [0.15, 0.2) is 71.4 Å². The van der Waals surface area contributed by atoms with Crippen LogP contribution in [0.5, 0.6) is 17.2 Å². The van der Waals surface area contributed by atoms with Crippen molar-refractivity contribution in [1.29, 1.82) is 0 Å². The van der Waals surface area contributed by atoms with Crippen molar-refractivity contribution >= 4 is 35.5 Å². The Labute approximate surface area is 199 Å². The highest BCUT2D eigenvalue weighted by atomic mass is 35.5. The Morgan fingerprint density at radius 1 is 0.971 bits per heavy atom. The zero-order chi connectivity index (χ0) is 24.2. The van der Waals surface area contributed by atoms with E-state index < -0.39 is 17.8 Å². The normalized spacial score (nSPS) is 13.9. The van der Waals surface area contributed by atoms with Crippen LogP contribution < -0.4 is 14.2 Å². The minimum Gasteiger partial charge on any atom is -0.496 e. The molecule has 9 heteroatoms. The quantitative estimate of drug-likeness (QED) is 0.278. The predicted molar refractivity (Wildman–Crippen MR) is 123 cm³/mol. The third-order valence-corrected chi connectivity index (χ3v) is 5.02. The molecule has 0 atom stereocenters. The van der Waals surface area contributed by atoms with Crippen molar-refractivity contribution in [2.24, 2.45) is 4.99 Å². The fourth-order valence-corrected chi connectivity index (χ4v) is 3.30. The van der Waals surface area contributed by atoms with Crippen LogP contribution in [0.2, 0.25) is 5.02 Å². The van der Waals surface area contributed by atoms with Gasteiger partial charge in [0.05, 0.1) is 25.3 Å². The second kappa shape index (κ2) is 9.76. The van der Waals surface area contributed by atoms with E-state index in [4.69, 9.17) is 30.5 Å². The third-order valence-electron chi connectivity index (χ3n) is 4.79. The predicted octanol–water partition coefficient (Wildman–Crippen LogP) is 5.06. The van der Waals surface area contributed by atoms with Gasteiger partial charge in [-0.15, -0.1) is 0 Å². The molecule has 1 heterocycles. The molecular formula is C25H17ClFNO6. The number of ether oxygens (including phenoxy) is 4. The van der Waals surface area contributed by atoms with Crippen LogP contribution in [0.25, 0.3) is 6.08 Å². The fourth-order valence-electron chi connectivity index (χ4n) is 3.13. The highest BCUT2D eigenvalue weighted by Gasteiger charge is 2.26. The van der Waals surface area contributed by atoms with E-state index in [1.165, 1.54) is 38.5 Å². The monoisotopic (exact) mass is 481 g/mol. The Bertz CT molecular complexity index is 1330. The summed E-state index contributed by atoms with van der Waals surface area (Å²) in [5.41, 5.74) is 1.22. The number of rotatable bonds is 6. The minimum atomic E-state index is -0.673. The second-order valence-corrected chi connectivity index (χ2v) is 7.42. The molecule has 0 aliphatic carbocycles. The van der Waals surface area contributed by atoms with Gasteiger partial charge in [-0.2, -0.15) is 0 Å². The van der Waals surface area contributed by atoms with E-state index in [0.717, 1.165) is 12.1 Å². The molecule has 0 N–H and O–H groups in total. The molecule has 1 aliphatic heterocycles. The molecule has 0 aromatic heterocycles. The number of methoxy groups -OCH3 is 2. The Morgan fingerprint density at radius 3 is 2.38 bits per heavy atom. The van der Waals surface area contributed by atoms with E-state index in [0.29, 0.717) is 21.9 Å². The summed E-state index contributed by atoms with van der Waals surface area (Å²) in [7, 11) is 2.89. The van der Waals surface area contributed by atoms with Crippen molar-refractivity contribution in [2.45, 2.75) is 0 Å². The summed E-state index contributed by atoms with van der Waals surface area (Å²) in [6.45, 7) is 0. The maximum atomic E-state index is 13.1. The molecule has 0 amide bonds. The number of halogens is 2. The molecule has 0 spiro atoms. The SMILES string of the molecule is COc1cc(/C=C2\N=C(c3cc(Cl)ccc3OC)OC2=O)ccc1OC(=O)c1ccc(F)cc1. The maximum Gasteiger partial charge on any atom is 0.363 e. The van der Waals surface area contributed by atoms with E-state index in [1.807, 2.05) is 0 Å². The van der Waals surface area contributed by atoms with Gasteiger partial charge in [-0.05, 0) is 66.2 Å². The second-order valence-electron chi connectivity index (χ2n) is 6.99. The van der Waals surface area contributed by atoms with Crippen LogP contribution in [0.4, 0.5) is 4.39 Å². The Kier molecular flexibility index (Phi) is 6.60. The molecule has 4 rings (SSSR count). The van der Waals surface area contributed by atoms with E-state index in [1.54, 1.807) is 30.3 Å². The lowest BCUT2D eigenvalue weighted by Crippen LogP contribution is -2.09. The molecule has 0 fully saturated rings. The number of esters is 2. The van der Waals surface area contributed by atoms with Crippen molar-refractivity contribution in [3.63, 3.8) is 0 Å². The molecule has 0 bridgehead atoms. The van der Waals surface area contributed by atoms with Gasteiger partial charge in [0, 0.05) is 5.02 Å². The zero-order valence-corrected chi connectivity index (χ0v) is 18.8. The van der Waals surface area contributed by atoms with Gasteiger partial charge in [0.2, 0.25) is 5.90 Å². The van der Waals surface area contributed by atoms with Crippen LogP contribution in [0.1, 0.15) is 21.5 Å². The van der Waals surface area contributed by atoms with Gasteiger partial charge >= 0.3 is 11.9 Å². The summed E-state index contributed by atoms with van der Waals surface area (Å²) in [5, 5.41) is 0.433. The number of nitrogens with zero attached hydrogens (tertiary/aromatic N) is 1. The maximum absolute atomic E-state index is 13.1. The third kappa shape index (κ3) is 4.92. The molecule has 3 aromatic rings. The van der Waals surface area contributed by atoms with Crippen molar-refractivity contribution in [3.05, 3.63) is 93.9 Å². The average molecular weight is 482 g/mol. The van der Waals surface area contributed by atoms with Crippen LogP contribution in [-0.2, 0) is 9.53 Å². The van der Waals surface area contributed by atoms with Gasteiger partial charge in [0.15, 0.2) is 17.2 Å². The lowest BCUT2D eigenvalue weighted by Gasteiger charge is -2.10. The molecule has 34 heavy (non-hydrogen) atoms. The lowest BCUT2D eigenvalue weighted by molar-refractivity contribution is -0.129. The first-order valence-corrected chi connectivity index (χ1v) is 10.3. The van der Waals surface area contributed by atoms with Gasteiger partial charge in [0.1, 0.15) is 11.6 Å². The van der Waals surface area contributed by atoms with Crippen LogP contribution in [-0.4, -0.2) is 32.1 Å². The van der Waals surface area contributed by atoms with Crippen LogP contribution in [0.3, 0.4) is 0 Å². The molecule has 0 saturated carbocycles. The summed E-state index contributed by atoms with van der Waals surface area (Å²) in [4.78, 5) is 29.0. The van der Waals surface area contributed by atoms with Gasteiger partial charge in [-0.3, -0.25) is 0 Å². The summed E-state index contributed by atoms with van der Waals surface area (Å²) in [5.74, 6) is -0.871. The van der Waals surface area contributed by atoms with E-state index in [2.05, 4.69) is 4.99 Å². The minimum absolute atomic E-state index is 0.0511. The van der Waals surface area contributed by atoms with E-state index in [-0.39, 0.29) is 28.7 Å². The van der Waals surface area contributed by atoms with Gasteiger partial charge in [0.25, 0.3) is 0 Å². The highest BCUT2D eigenvalue weighted by molar-refractivity contribution is 6.31. The number of cyclic esters (lactones) is 1. The first kappa shape index (κ1) is 23.0. The van der Waals surface area contributed by atoms with E-state index in [9.17, 15) is 14.0 Å². The standard InChI is InChI=1S/C25H17ClFNO6/c1-31-20-10-6-16(26)13-18(20)23-28-19(25(30)34-23)11-14-3-9-21(22(12-14)32-2)33-24(29)15-4-7-17(27)8-5-15/h3-13H,1-2H3/b19-11-. The number of hydrogen-bond acceptors (Lipinski definition) is 7. The Morgan fingerprint density at radius 2 is 1.68 bits per heavy atom. The van der Waals surface area contributed by atoms with Crippen molar-refractivity contribution < 1.29 is 32.9 Å². The lowest BCUT2D eigenvalue weighted by atomic mass is 10.1. The summed E-state index contributed by atoms with van der Waals surface area (Å²) in [6, 6.07) is 14.5. The largest absolute Gasteiger partial charge is 0.496 e. The smallest absolute Gasteiger partial charge is 0.363 e. The Hall–Kier alpha value is -4.17. The number of carbonyl (C=O) groups is 2.